The topological polar surface area (TPSA) is 105 Å². The van der Waals surface area contributed by atoms with Gasteiger partial charge in [-0.25, -0.2) is 4.79 Å². The van der Waals surface area contributed by atoms with E-state index in [2.05, 4.69) is 15.9 Å². The van der Waals surface area contributed by atoms with Crippen LogP contribution in [0.4, 0.5) is 5.69 Å². The summed E-state index contributed by atoms with van der Waals surface area (Å²) >= 11 is 3.30. The Bertz CT molecular complexity index is 865. The standard InChI is InChI=1S/C18H16BrNO7/c1-3-26-16-9-12(8-14(19)17(16)25-2)18(22)27-10-15(21)11-4-6-13(7-5-11)20(23)24/h4-9H,3,10H2,1-2H3. The zero-order valence-corrected chi connectivity index (χ0v) is 16.1. The van der Waals surface area contributed by atoms with Crippen molar-refractivity contribution in [1.29, 1.82) is 0 Å². The molecule has 0 spiro atoms. The van der Waals surface area contributed by atoms with Crippen LogP contribution in [-0.4, -0.2) is 37.0 Å². The number of non-ortho nitro benzene ring substituents is 1. The minimum absolute atomic E-state index is 0.130. The number of esters is 1. The smallest absolute Gasteiger partial charge is 0.338 e. The summed E-state index contributed by atoms with van der Waals surface area (Å²) in [5, 5.41) is 10.6. The first kappa shape index (κ1) is 20.4. The number of hydrogen-bond donors (Lipinski definition) is 0. The Balaban J connectivity index is 2.08. The average molecular weight is 438 g/mol. The van der Waals surface area contributed by atoms with Crippen LogP contribution < -0.4 is 9.47 Å². The zero-order chi connectivity index (χ0) is 20.0. The fraction of sp³-hybridized carbons (Fsp3) is 0.222. The number of benzene rings is 2. The van der Waals surface area contributed by atoms with Crippen LogP contribution in [0.2, 0.25) is 0 Å². The quantitative estimate of drug-likeness (QED) is 0.267. The minimum atomic E-state index is -0.713. The maximum absolute atomic E-state index is 12.3. The van der Waals surface area contributed by atoms with Crippen molar-refractivity contribution in [3.63, 3.8) is 0 Å². The van der Waals surface area contributed by atoms with Gasteiger partial charge in [0.25, 0.3) is 5.69 Å². The molecule has 0 aromatic heterocycles. The summed E-state index contributed by atoms with van der Waals surface area (Å²) in [6.45, 7) is 1.67. The molecule has 0 heterocycles. The van der Waals surface area contributed by atoms with E-state index in [1.807, 2.05) is 0 Å². The molecule has 2 rings (SSSR count). The Morgan fingerprint density at radius 1 is 1.15 bits per heavy atom. The number of methoxy groups -OCH3 is 1. The van der Waals surface area contributed by atoms with Gasteiger partial charge in [0.2, 0.25) is 0 Å². The third-order valence-corrected chi connectivity index (χ3v) is 4.07. The van der Waals surface area contributed by atoms with E-state index in [1.54, 1.807) is 6.92 Å². The van der Waals surface area contributed by atoms with E-state index in [-0.39, 0.29) is 16.8 Å². The highest BCUT2D eigenvalue weighted by Crippen LogP contribution is 2.36. The first-order valence-electron chi connectivity index (χ1n) is 7.82. The number of nitro benzene ring substituents is 1. The van der Waals surface area contributed by atoms with Gasteiger partial charge in [-0.15, -0.1) is 0 Å². The number of halogens is 1. The Morgan fingerprint density at radius 3 is 2.37 bits per heavy atom. The largest absolute Gasteiger partial charge is 0.492 e. The predicted molar refractivity (Wildman–Crippen MR) is 99.6 cm³/mol. The fourth-order valence-corrected chi connectivity index (χ4v) is 2.82. The maximum atomic E-state index is 12.3. The van der Waals surface area contributed by atoms with Crippen LogP contribution in [0.3, 0.4) is 0 Å². The molecule has 0 fully saturated rings. The van der Waals surface area contributed by atoms with E-state index >= 15 is 0 Å². The molecule has 0 aliphatic carbocycles. The van der Waals surface area contributed by atoms with Crippen molar-refractivity contribution in [2.24, 2.45) is 0 Å². The van der Waals surface area contributed by atoms with Crippen molar-refractivity contribution in [2.45, 2.75) is 6.92 Å². The van der Waals surface area contributed by atoms with E-state index in [4.69, 9.17) is 14.2 Å². The van der Waals surface area contributed by atoms with Gasteiger partial charge in [0.1, 0.15) is 0 Å². The van der Waals surface area contributed by atoms with Gasteiger partial charge in [-0.2, -0.15) is 0 Å². The molecule has 0 amide bonds. The summed E-state index contributed by atoms with van der Waals surface area (Å²) in [5.41, 5.74) is 0.261. The summed E-state index contributed by atoms with van der Waals surface area (Å²) in [5.74, 6) is -0.385. The lowest BCUT2D eigenvalue weighted by Gasteiger charge is -2.13. The van der Waals surface area contributed by atoms with Crippen LogP contribution in [0.5, 0.6) is 11.5 Å². The Labute approximate surface area is 163 Å². The van der Waals surface area contributed by atoms with Gasteiger partial charge in [-0.1, -0.05) is 0 Å². The van der Waals surface area contributed by atoms with Gasteiger partial charge >= 0.3 is 5.97 Å². The van der Waals surface area contributed by atoms with E-state index in [0.29, 0.717) is 22.6 Å². The molecule has 0 N–H and O–H groups in total. The van der Waals surface area contributed by atoms with Crippen LogP contribution in [0, 0.1) is 10.1 Å². The van der Waals surface area contributed by atoms with Gasteiger partial charge in [0, 0.05) is 17.7 Å². The monoisotopic (exact) mass is 437 g/mol. The van der Waals surface area contributed by atoms with E-state index in [0.717, 1.165) is 0 Å². The normalized spacial score (nSPS) is 10.2. The average Bonchev–Trinajstić information content (AvgIpc) is 2.65. The maximum Gasteiger partial charge on any atom is 0.338 e. The van der Waals surface area contributed by atoms with E-state index < -0.39 is 23.3 Å². The van der Waals surface area contributed by atoms with E-state index in [9.17, 15) is 19.7 Å². The first-order chi connectivity index (χ1) is 12.9. The third-order valence-electron chi connectivity index (χ3n) is 3.48. The molecule has 0 atom stereocenters. The van der Waals surface area contributed by atoms with Crippen molar-refractivity contribution in [2.75, 3.05) is 20.3 Å². The number of ketones is 1. The summed E-state index contributed by atoms with van der Waals surface area (Å²) in [6, 6.07) is 8.01. The Hall–Kier alpha value is -2.94. The molecule has 0 unspecified atom stereocenters. The van der Waals surface area contributed by atoms with Crippen LogP contribution in [0.1, 0.15) is 27.6 Å². The van der Waals surface area contributed by atoms with Crippen molar-refractivity contribution in [1.82, 2.24) is 0 Å². The van der Waals surface area contributed by atoms with Crippen molar-refractivity contribution in [3.8, 4) is 11.5 Å². The molecule has 2 aromatic rings. The Kier molecular flexibility index (Phi) is 6.89. The summed E-state index contributed by atoms with van der Waals surface area (Å²) in [4.78, 5) is 34.4. The number of hydrogen-bond acceptors (Lipinski definition) is 7. The second-order valence-electron chi connectivity index (χ2n) is 5.23. The molecular weight excluding hydrogens is 422 g/mol. The van der Waals surface area contributed by atoms with Crippen molar-refractivity contribution < 1.29 is 28.7 Å². The summed E-state index contributed by atoms with van der Waals surface area (Å²) in [7, 11) is 1.48. The van der Waals surface area contributed by atoms with Gasteiger partial charge in [0.05, 0.1) is 28.7 Å². The van der Waals surface area contributed by atoms with E-state index in [1.165, 1.54) is 43.5 Å². The number of ether oxygens (including phenoxy) is 3. The lowest BCUT2D eigenvalue weighted by Crippen LogP contribution is -2.14. The number of nitro groups is 1. The molecule has 2 aromatic carbocycles. The summed E-state index contributed by atoms with van der Waals surface area (Å²) < 4.78 is 16.2. The number of rotatable bonds is 8. The predicted octanol–water partition coefficient (Wildman–Crippen LogP) is 3.80. The number of nitrogens with zero attached hydrogens (tertiary/aromatic N) is 1. The summed E-state index contributed by atoms with van der Waals surface area (Å²) in [6.07, 6.45) is 0. The van der Waals surface area contributed by atoms with Crippen LogP contribution in [0.15, 0.2) is 40.9 Å². The molecule has 8 nitrogen and oxygen atoms in total. The Morgan fingerprint density at radius 2 is 1.81 bits per heavy atom. The molecular formula is C18H16BrNO7. The van der Waals surface area contributed by atoms with Crippen LogP contribution >= 0.6 is 15.9 Å². The fourth-order valence-electron chi connectivity index (χ4n) is 2.21. The SMILES string of the molecule is CCOc1cc(C(=O)OCC(=O)c2ccc([N+](=O)[O-])cc2)cc(Br)c1OC. The molecule has 0 bridgehead atoms. The van der Waals surface area contributed by atoms with Gasteiger partial charge < -0.3 is 14.2 Å². The van der Waals surface area contributed by atoms with Crippen LogP contribution in [0.25, 0.3) is 0 Å². The number of Topliss-reactive ketones (excluding diaryl/α,β-unsaturated/α-hetero) is 1. The lowest BCUT2D eigenvalue weighted by molar-refractivity contribution is -0.384. The van der Waals surface area contributed by atoms with Gasteiger partial charge in [-0.3, -0.25) is 14.9 Å². The zero-order valence-electron chi connectivity index (χ0n) is 14.6. The van der Waals surface area contributed by atoms with Crippen LogP contribution in [-0.2, 0) is 4.74 Å². The van der Waals surface area contributed by atoms with Gasteiger partial charge in [0.15, 0.2) is 23.9 Å². The molecule has 0 saturated heterocycles. The highest BCUT2D eigenvalue weighted by Gasteiger charge is 2.18. The second-order valence-corrected chi connectivity index (χ2v) is 6.08. The van der Waals surface area contributed by atoms with Gasteiger partial charge in [-0.05, 0) is 47.1 Å². The third kappa shape index (κ3) is 5.04. The first-order valence-corrected chi connectivity index (χ1v) is 8.61. The molecule has 0 radical (unpaired) electrons. The van der Waals surface area contributed by atoms with Crippen molar-refractivity contribution >= 4 is 33.4 Å². The molecule has 142 valence electrons. The minimum Gasteiger partial charge on any atom is -0.492 e. The highest BCUT2D eigenvalue weighted by atomic mass is 79.9. The van der Waals surface area contributed by atoms with Crippen molar-refractivity contribution in [3.05, 3.63) is 62.1 Å². The molecule has 0 aliphatic rings. The molecule has 27 heavy (non-hydrogen) atoms. The molecule has 0 saturated carbocycles. The lowest BCUT2D eigenvalue weighted by atomic mass is 10.1. The molecule has 9 heteroatoms. The number of carbonyl (C=O) groups excluding carboxylic acids is 2. The highest BCUT2D eigenvalue weighted by molar-refractivity contribution is 9.10. The number of carbonyl (C=O) groups is 2. The molecule has 0 aliphatic heterocycles. The second kappa shape index (κ2) is 9.13.